The lowest BCUT2D eigenvalue weighted by molar-refractivity contribution is -0.119. The van der Waals surface area contributed by atoms with E-state index in [2.05, 4.69) is 34.5 Å². The number of Topliss-reactive ketones (excluding diaryl/α,β-unsaturated/α-hetero) is 1. The number of aromatic nitrogens is 3. The van der Waals surface area contributed by atoms with E-state index in [-0.39, 0.29) is 0 Å². The highest BCUT2D eigenvalue weighted by Crippen LogP contribution is 2.34. The lowest BCUT2D eigenvalue weighted by Crippen LogP contribution is -2.18. The average Bonchev–Trinajstić information content (AvgIpc) is 2.81. The molecule has 0 saturated heterocycles. The molecule has 5 nitrogen and oxygen atoms in total. The molecule has 0 bridgehead atoms. The van der Waals surface area contributed by atoms with Crippen LogP contribution in [0.1, 0.15) is 70.4 Å². The predicted octanol–water partition coefficient (Wildman–Crippen LogP) is 4.35. The first kappa shape index (κ1) is 18.1. The SMILES string of the molecule is CCC(=O)CC(C)C.Cc1nc2ccc(C#N)nc2n1C1CCC1. The second kappa shape index (κ2) is 8.05. The normalized spacial score (nSPS) is 14.0. The van der Waals surface area contributed by atoms with Gasteiger partial charge in [-0.2, -0.15) is 5.26 Å². The molecule has 128 valence electrons. The van der Waals surface area contributed by atoms with Gasteiger partial charge in [0.2, 0.25) is 0 Å². The van der Waals surface area contributed by atoms with Gasteiger partial charge in [-0.3, -0.25) is 4.79 Å². The molecular formula is C19H26N4O. The molecule has 0 aliphatic heterocycles. The summed E-state index contributed by atoms with van der Waals surface area (Å²) in [6.07, 6.45) is 5.12. The number of imidazole rings is 1. The first-order chi connectivity index (χ1) is 11.5. The molecule has 3 rings (SSSR count). The Morgan fingerprint density at radius 2 is 2.08 bits per heavy atom. The number of hydrogen-bond acceptors (Lipinski definition) is 4. The molecule has 24 heavy (non-hydrogen) atoms. The van der Waals surface area contributed by atoms with Crippen LogP contribution in [0.25, 0.3) is 11.2 Å². The van der Waals surface area contributed by atoms with Crippen molar-refractivity contribution in [3.8, 4) is 6.07 Å². The van der Waals surface area contributed by atoms with Crippen molar-refractivity contribution in [3.05, 3.63) is 23.7 Å². The van der Waals surface area contributed by atoms with E-state index in [0.29, 0.717) is 29.9 Å². The van der Waals surface area contributed by atoms with Gasteiger partial charge in [-0.05, 0) is 44.2 Å². The largest absolute Gasteiger partial charge is 0.310 e. The van der Waals surface area contributed by atoms with Crippen LogP contribution in [0.15, 0.2) is 12.1 Å². The number of rotatable bonds is 4. The van der Waals surface area contributed by atoms with Gasteiger partial charge in [-0.25, -0.2) is 9.97 Å². The third-order valence-electron chi connectivity index (χ3n) is 4.30. The zero-order chi connectivity index (χ0) is 17.7. The number of fused-ring (bicyclic) bond motifs is 1. The van der Waals surface area contributed by atoms with Crippen LogP contribution >= 0.6 is 0 Å². The van der Waals surface area contributed by atoms with Crippen molar-refractivity contribution >= 4 is 16.9 Å². The van der Waals surface area contributed by atoms with Gasteiger partial charge in [0.25, 0.3) is 0 Å². The molecule has 0 unspecified atom stereocenters. The number of carbonyl (C=O) groups is 1. The van der Waals surface area contributed by atoms with Gasteiger partial charge in [0.1, 0.15) is 28.9 Å². The molecule has 0 atom stereocenters. The van der Waals surface area contributed by atoms with Crippen molar-refractivity contribution in [2.45, 2.75) is 65.8 Å². The predicted molar refractivity (Wildman–Crippen MR) is 94.6 cm³/mol. The van der Waals surface area contributed by atoms with Gasteiger partial charge < -0.3 is 4.57 Å². The van der Waals surface area contributed by atoms with Gasteiger partial charge in [0.15, 0.2) is 5.65 Å². The number of nitrogens with zero attached hydrogens (tertiary/aromatic N) is 4. The highest BCUT2D eigenvalue weighted by molar-refractivity contribution is 5.78. The molecule has 1 aliphatic rings. The molecule has 5 heteroatoms. The maximum Gasteiger partial charge on any atom is 0.161 e. The first-order valence-corrected chi connectivity index (χ1v) is 8.73. The Kier molecular flexibility index (Phi) is 6.08. The second-order valence-corrected chi connectivity index (χ2v) is 6.75. The van der Waals surface area contributed by atoms with Gasteiger partial charge >= 0.3 is 0 Å². The summed E-state index contributed by atoms with van der Waals surface area (Å²) in [4.78, 5) is 19.5. The average molecular weight is 326 g/mol. The fourth-order valence-electron chi connectivity index (χ4n) is 2.83. The number of carbonyl (C=O) groups excluding carboxylic acids is 1. The van der Waals surface area contributed by atoms with Gasteiger partial charge in [-0.15, -0.1) is 0 Å². The zero-order valence-electron chi connectivity index (χ0n) is 15.0. The molecule has 0 radical (unpaired) electrons. The van der Waals surface area contributed by atoms with E-state index in [4.69, 9.17) is 5.26 Å². The smallest absolute Gasteiger partial charge is 0.161 e. The summed E-state index contributed by atoms with van der Waals surface area (Å²) in [6, 6.07) is 6.21. The van der Waals surface area contributed by atoms with Crippen LogP contribution in [-0.2, 0) is 4.79 Å². The van der Waals surface area contributed by atoms with Crippen molar-refractivity contribution < 1.29 is 4.79 Å². The molecule has 0 amide bonds. The summed E-state index contributed by atoms with van der Waals surface area (Å²) >= 11 is 0. The quantitative estimate of drug-likeness (QED) is 0.837. The maximum absolute atomic E-state index is 10.6. The second-order valence-electron chi connectivity index (χ2n) is 6.75. The summed E-state index contributed by atoms with van der Waals surface area (Å²) in [5.74, 6) is 1.91. The number of pyridine rings is 1. The molecule has 2 aromatic heterocycles. The number of hydrogen-bond donors (Lipinski definition) is 0. The monoisotopic (exact) mass is 326 g/mol. The van der Waals surface area contributed by atoms with E-state index in [0.717, 1.165) is 23.4 Å². The standard InChI is InChI=1S/C12H12N4.C7H14O/c1-8-14-11-6-5-9(7-13)15-12(11)16(8)10-3-2-4-10;1-4-7(8)5-6(2)3/h5-6,10H,2-4H2,1H3;6H,4-5H2,1-3H3. The Bertz CT molecular complexity index is 751. The van der Waals surface area contributed by atoms with Crippen molar-refractivity contribution in [3.63, 3.8) is 0 Å². The number of ketones is 1. The Hall–Kier alpha value is -2.22. The summed E-state index contributed by atoms with van der Waals surface area (Å²) in [5, 5.41) is 8.86. The minimum Gasteiger partial charge on any atom is -0.310 e. The van der Waals surface area contributed by atoms with Gasteiger partial charge in [0, 0.05) is 18.9 Å². The van der Waals surface area contributed by atoms with Crippen molar-refractivity contribution in [2.75, 3.05) is 0 Å². The molecule has 2 aromatic rings. The lowest BCUT2D eigenvalue weighted by Gasteiger charge is -2.28. The topological polar surface area (TPSA) is 71.6 Å². The van der Waals surface area contributed by atoms with Gasteiger partial charge in [0.05, 0.1) is 0 Å². The molecule has 0 aromatic carbocycles. The summed E-state index contributed by atoms with van der Waals surface area (Å²) in [5.41, 5.74) is 2.22. The lowest BCUT2D eigenvalue weighted by atomic mass is 9.93. The van der Waals surface area contributed by atoms with Crippen LogP contribution in [-0.4, -0.2) is 20.3 Å². The maximum atomic E-state index is 10.6. The number of nitriles is 1. The minimum atomic E-state index is 0.375. The Labute approximate surface area is 143 Å². The van der Waals surface area contributed by atoms with E-state index >= 15 is 0 Å². The number of aryl methyl sites for hydroxylation is 1. The minimum absolute atomic E-state index is 0.375. The van der Waals surface area contributed by atoms with Crippen LogP contribution in [0.2, 0.25) is 0 Å². The zero-order valence-corrected chi connectivity index (χ0v) is 15.0. The van der Waals surface area contributed by atoms with Crippen LogP contribution in [0, 0.1) is 24.2 Å². The third-order valence-corrected chi connectivity index (χ3v) is 4.30. The summed E-state index contributed by atoms with van der Waals surface area (Å²) in [6.45, 7) is 8.04. The van der Waals surface area contributed by atoms with Gasteiger partial charge in [-0.1, -0.05) is 20.8 Å². The van der Waals surface area contributed by atoms with Crippen LogP contribution in [0.4, 0.5) is 0 Å². The summed E-state index contributed by atoms with van der Waals surface area (Å²) < 4.78 is 2.18. The van der Waals surface area contributed by atoms with E-state index in [1.165, 1.54) is 19.3 Å². The molecule has 2 heterocycles. The Morgan fingerprint density at radius 3 is 2.54 bits per heavy atom. The molecule has 0 N–H and O–H groups in total. The van der Waals surface area contributed by atoms with Crippen molar-refractivity contribution in [2.24, 2.45) is 5.92 Å². The van der Waals surface area contributed by atoms with E-state index in [9.17, 15) is 4.79 Å². The van der Waals surface area contributed by atoms with E-state index in [1.54, 1.807) is 6.07 Å². The molecule has 1 fully saturated rings. The highest BCUT2D eigenvalue weighted by Gasteiger charge is 2.23. The Morgan fingerprint density at radius 1 is 1.38 bits per heavy atom. The van der Waals surface area contributed by atoms with Crippen molar-refractivity contribution in [1.82, 2.24) is 14.5 Å². The molecule has 1 aliphatic carbocycles. The van der Waals surface area contributed by atoms with Crippen LogP contribution in [0.5, 0.6) is 0 Å². The first-order valence-electron chi connectivity index (χ1n) is 8.73. The Balaban J connectivity index is 0.000000224. The van der Waals surface area contributed by atoms with Crippen LogP contribution < -0.4 is 0 Å². The van der Waals surface area contributed by atoms with Crippen molar-refractivity contribution in [1.29, 1.82) is 5.26 Å². The molecule has 0 spiro atoms. The highest BCUT2D eigenvalue weighted by atomic mass is 16.1. The summed E-state index contributed by atoms with van der Waals surface area (Å²) in [7, 11) is 0. The van der Waals surface area contributed by atoms with E-state index < -0.39 is 0 Å². The van der Waals surface area contributed by atoms with Crippen LogP contribution in [0.3, 0.4) is 0 Å². The fraction of sp³-hybridized carbons (Fsp3) is 0.579. The fourth-order valence-corrected chi connectivity index (χ4v) is 2.83. The van der Waals surface area contributed by atoms with E-state index in [1.807, 2.05) is 19.9 Å². The molecular weight excluding hydrogens is 300 g/mol. The third kappa shape index (κ3) is 4.19. The molecule has 1 saturated carbocycles.